The molecule has 0 radical (unpaired) electrons. The summed E-state index contributed by atoms with van der Waals surface area (Å²) in [4.78, 5) is 8.12. The number of rotatable bonds is 3. The Bertz CT molecular complexity index is 858. The summed E-state index contributed by atoms with van der Waals surface area (Å²) in [5, 5.41) is 0. The fraction of sp³-hybridized carbons (Fsp3) is 0.594. The molecule has 4 rings (SSSR count). The summed E-state index contributed by atoms with van der Waals surface area (Å²) >= 11 is 0. The second-order valence-corrected chi connectivity index (χ2v) is 29.6. The second-order valence-electron chi connectivity index (χ2n) is 15.1. The summed E-state index contributed by atoms with van der Waals surface area (Å²) in [7, 11) is -3.40. The van der Waals surface area contributed by atoms with Crippen molar-refractivity contribution in [1.82, 2.24) is 4.90 Å². The van der Waals surface area contributed by atoms with Crippen LogP contribution < -0.4 is 0 Å². The first-order chi connectivity index (χ1) is 16.2. The summed E-state index contributed by atoms with van der Waals surface area (Å²) in [6.07, 6.45) is 10.8. The van der Waals surface area contributed by atoms with Crippen LogP contribution in [-0.2, 0) is 34.8 Å². The third-order valence-corrected chi connectivity index (χ3v) is 10.2. The van der Waals surface area contributed by atoms with Crippen LogP contribution in [-0.4, -0.2) is 40.9 Å². The van der Waals surface area contributed by atoms with Crippen molar-refractivity contribution < 1.29 is 21.7 Å². The molecule has 1 fully saturated rings. The first-order valence-electron chi connectivity index (χ1n) is 13.9. The minimum atomic E-state index is -1.67. The third-order valence-electron chi connectivity index (χ3n) is 6.49. The van der Waals surface area contributed by atoms with Gasteiger partial charge in [0.05, 0.1) is 0 Å². The van der Waals surface area contributed by atoms with Gasteiger partial charge in [-0.3, -0.25) is 4.90 Å². The first-order valence-corrected chi connectivity index (χ1v) is 24.3. The molecule has 2 aliphatic carbocycles. The monoisotopic (exact) mass is 602 g/mol. The van der Waals surface area contributed by atoms with Gasteiger partial charge in [-0.25, -0.2) is 0 Å². The summed E-state index contributed by atoms with van der Waals surface area (Å²) < 4.78 is 0. The average Bonchev–Trinajstić information content (AvgIpc) is 3.25. The molecule has 0 spiro atoms. The fourth-order valence-corrected chi connectivity index (χ4v) is 9.68. The Labute approximate surface area is 256 Å². The summed E-state index contributed by atoms with van der Waals surface area (Å²) in [6, 6.07) is 9.64. The molecule has 4 unspecified atom stereocenters. The number of fused-ring (bicyclic) bond motifs is 2. The maximum atomic E-state index is 5.38. The number of nitrogens with zero attached hydrogens (tertiary/aromatic N) is 2. The van der Waals surface area contributed by atoms with Crippen LogP contribution in [0.1, 0.15) is 38.3 Å². The van der Waals surface area contributed by atoms with E-state index in [0.717, 1.165) is 18.6 Å². The van der Waals surface area contributed by atoms with Gasteiger partial charge in [-0.1, -0.05) is 135 Å². The summed E-state index contributed by atoms with van der Waals surface area (Å²) in [6.45, 7) is 35.1. The zero-order valence-corrected chi connectivity index (χ0v) is 31.4. The van der Waals surface area contributed by atoms with Gasteiger partial charge in [-0.2, -0.15) is 0 Å². The van der Waals surface area contributed by atoms with Gasteiger partial charge in [0, 0.05) is 19.1 Å². The van der Waals surface area contributed by atoms with Gasteiger partial charge >= 0.3 is 21.7 Å². The molecule has 4 atom stereocenters. The molecular weight excluding hydrogens is 544 g/mol. The quantitative estimate of drug-likeness (QED) is 0.249. The van der Waals surface area contributed by atoms with Gasteiger partial charge in [0.25, 0.3) is 0 Å². The molecule has 1 aromatic carbocycles. The summed E-state index contributed by atoms with van der Waals surface area (Å²) in [5.74, 6) is 1.32. The zero-order valence-electron chi connectivity index (χ0n) is 26.9. The number of hydrogen-bond acceptors (Lipinski definition) is 1. The molecule has 0 N–H and O–H groups in total. The number of benzene rings is 1. The van der Waals surface area contributed by atoms with Crippen molar-refractivity contribution >= 4 is 24.4 Å². The van der Waals surface area contributed by atoms with E-state index in [2.05, 4.69) is 140 Å². The van der Waals surface area contributed by atoms with Crippen LogP contribution in [0, 0.1) is 32.4 Å². The molecule has 3 aliphatic rings. The Hall–Kier alpha value is -0.0151. The van der Waals surface area contributed by atoms with Crippen molar-refractivity contribution in [2.24, 2.45) is 11.8 Å². The van der Waals surface area contributed by atoms with Crippen molar-refractivity contribution in [1.29, 1.82) is 0 Å². The molecule has 212 valence electrons. The Balaban J connectivity index is 0.000000984. The molecule has 38 heavy (non-hydrogen) atoms. The van der Waals surface area contributed by atoms with E-state index in [-0.39, 0.29) is 34.7 Å². The van der Waals surface area contributed by atoms with Crippen LogP contribution >= 0.6 is 0 Å². The second kappa shape index (κ2) is 14.7. The van der Waals surface area contributed by atoms with Crippen LogP contribution in [0.5, 0.6) is 0 Å². The minimum Gasteiger partial charge on any atom is -0.660 e. The van der Waals surface area contributed by atoms with Gasteiger partial charge in [0.1, 0.15) is 0 Å². The fourth-order valence-electron chi connectivity index (χ4n) is 5.70. The molecule has 0 aromatic heterocycles. The SMILES string of the molecule is CC(C)(C)[N-][Si](C)(C)C1CC(N2Cc3ccccc3C2)C2C=CC=CC21.[CH2-][Si](C)(C)C.[CH2-][Si](C)(C)C.[CH3-].[Ti+4]. The summed E-state index contributed by atoms with van der Waals surface area (Å²) in [5.41, 5.74) is 3.86. The van der Waals surface area contributed by atoms with Crippen molar-refractivity contribution in [3.63, 3.8) is 0 Å². The van der Waals surface area contributed by atoms with E-state index in [0.29, 0.717) is 17.9 Å². The van der Waals surface area contributed by atoms with Crippen molar-refractivity contribution in [3.8, 4) is 0 Å². The van der Waals surface area contributed by atoms with E-state index >= 15 is 0 Å². The molecular formula is C32H58N2Si3Ti. The predicted molar refractivity (Wildman–Crippen MR) is 178 cm³/mol. The number of hydrogen-bond donors (Lipinski definition) is 0. The van der Waals surface area contributed by atoms with Crippen LogP contribution in [0.15, 0.2) is 48.6 Å². The molecule has 1 heterocycles. The van der Waals surface area contributed by atoms with Crippen LogP contribution in [0.4, 0.5) is 0 Å². The first kappa shape index (κ1) is 38.0. The largest absolute Gasteiger partial charge is 4.00 e. The van der Waals surface area contributed by atoms with Gasteiger partial charge in [0.15, 0.2) is 0 Å². The maximum absolute atomic E-state index is 5.38. The molecule has 0 amide bonds. The van der Waals surface area contributed by atoms with E-state index in [1.165, 1.54) is 17.5 Å². The van der Waals surface area contributed by atoms with E-state index in [9.17, 15) is 0 Å². The van der Waals surface area contributed by atoms with E-state index in [1.807, 2.05) is 0 Å². The van der Waals surface area contributed by atoms with Gasteiger partial charge in [-0.05, 0) is 29.4 Å². The van der Waals surface area contributed by atoms with Gasteiger partial charge in [-0.15, -0.1) is 21.7 Å². The Morgan fingerprint density at radius 2 is 1.18 bits per heavy atom. The van der Waals surface area contributed by atoms with Crippen molar-refractivity contribution in [2.45, 2.75) is 110 Å². The van der Waals surface area contributed by atoms with E-state index in [1.54, 1.807) is 0 Å². The normalized spacial score (nSPS) is 24.6. The molecule has 1 aromatic rings. The smallest absolute Gasteiger partial charge is 0.660 e. The zero-order chi connectivity index (χ0) is 27.5. The molecule has 0 bridgehead atoms. The van der Waals surface area contributed by atoms with E-state index in [4.69, 9.17) is 4.98 Å². The molecule has 6 heteroatoms. The van der Waals surface area contributed by atoms with Gasteiger partial charge in [0.2, 0.25) is 0 Å². The molecule has 1 aliphatic heterocycles. The van der Waals surface area contributed by atoms with E-state index < -0.39 is 24.4 Å². The topological polar surface area (TPSA) is 17.3 Å². The standard InChI is InChI=1S/C23H33N2Si.2C4H11Si.CH3.Ti/c1-23(2,3)24-26(4,5)22-14-21(19-12-8-9-13-20(19)22)25-15-17-10-6-7-11-18(17)16-25;2*1-5(2,3)4;;/h6-13,19-22H,14-16H2,1-5H3;2*1H2,2-4H3;1H3;/q4*-1;+4. The van der Waals surface area contributed by atoms with Crippen molar-refractivity contribution in [2.75, 3.05) is 0 Å². The Morgan fingerprint density at radius 1 is 0.789 bits per heavy atom. The van der Waals surface area contributed by atoms with Crippen molar-refractivity contribution in [3.05, 3.63) is 85.2 Å². The van der Waals surface area contributed by atoms with Crippen LogP contribution in [0.2, 0.25) is 57.9 Å². The number of allylic oxidation sites excluding steroid dienone is 3. The maximum Gasteiger partial charge on any atom is 4.00 e. The molecule has 0 saturated heterocycles. The Morgan fingerprint density at radius 3 is 1.58 bits per heavy atom. The molecule has 2 nitrogen and oxygen atoms in total. The van der Waals surface area contributed by atoms with Gasteiger partial charge < -0.3 is 25.5 Å². The predicted octanol–water partition coefficient (Wildman–Crippen LogP) is 9.72. The Kier molecular flexibility index (Phi) is 14.7. The third kappa shape index (κ3) is 13.1. The molecule has 1 saturated carbocycles. The minimum absolute atomic E-state index is 0. The van der Waals surface area contributed by atoms with Crippen LogP contribution in [0.3, 0.4) is 0 Å². The van der Waals surface area contributed by atoms with Crippen LogP contribution in [0.25, 0.3) is 4.98 Å². The average molecular weight is 603 g/mol.